The Labute approximate surface area is 233 Å². The number of nitrogens with zero attached hydrogens (tertiary/aromatic N) is 7. The third kappa shape index (κ3) is 6.24. The van der Waals surface area contributed by atoms with Gasteiger partial charge in [0.2, 0.25) is 12.4 Å². The summed E-state index contributed by atoms with van der Waals surface area (Å²) in [7, 11) is 0. The highest BCUT2D eigenvalue weighted by Crippen LogP contribution is 2.29. The van der Waals surface area contributed by atoms with Crippen LogP contribution in [0.1, 0.15) is 12.0 Å². The van der Waals surface area contributed by atoms with Crippen LogP contribution in [-0.2, 0) is 4.79 Å². The van der Waals surface area contributed by atoms with E-state index in [1.807, 2.05) is 0 Å². The Bertz CT molecular complexity index is 1480. The van der Waals surface area contributed by atoms with Gasteiger partial charge in [0, 0.05) is 50.4 Å². The van der Waals surface area contributed by atoms with Crippen molar-refractivity contribution in [1.29, 1.82) is 5.26 Å². The van der Waals surface area contributed by atoms with Crippen LogP contribution in [0, 0.1) is 17.1 Å². The molecule has 2 saturated heterocycles. The molecule has 0 aliphatic carbocycles. The largest absolute Gasteiger partial charge is 0.486 e. The molecule has 14 heteroatoms. The van der Waals surface area contributed by atoms with Gasteiger partial charge in [0.05, 0.1) is 17.8 Å². The van der Waals surface area contributed by atoms with E-state index in [2.05, 4.69) is 26.3 Å². The van der Waals surface area contributed by atoms with Gasteiger partial charge in [-0.3, -0.25) is 4.79 Å². The van der Waals surface area contributed by atoms with E-state index in [0.29, 0.717) is 62.5 Å². The highest BCUT2D eigenvalue weighted by atomic mass is 19.1. The normalized spacial score (nSPS) is 18.9. The van der Waals surface area contributed by atoms with E-state index >= 15 is 0 Å². The first kappa shape index (κ1) is 27.5. The molecule has 5 rings (SSSR count). The summed E-state index contributed by atoms with van der Waals surface area (Å²) in [5, 5.41) is 21.7. The number of amides is 2. The van der Waals surface area contributed by atoms with Crippen LogP contribution in [0.25, 0.3) is 11.4 Å². The number of carbonyl (C=O) groups is 2. The number of halogens is 2. The highest BCUT2D eigenvalue weighted by molar-refractivity contribution is 5.66. The summed E-state index contributed by atoms with van der Waals surface area (Å²) in [4.78, 5) is 39.1. The summed E-state index contributed by atoms with van der Waals surface area (Å²) in [5.41, 5.74) is 1.44. The van der Waals surface area contributed by atoms with E-state index in [4.69, 9.17) is 9.84 Å². The van der Waals surface area contributed by atoms with Crippen LogP contribution >= 0.6 is 0 Å². The minimum Gasteiger partial charge on any atom is -0.486 e. The van der Waals surface area contributed by atoms with Gasteiger partial charge < -0.3 is 29.9 Å². The number of piperazine rings is 1. The molecule has 2 amide bonds. The molecular formula is C27H26F2N8O4. The second-order valence-corrected chi connectivity index (χ2v) is 9.56. The number of anilines is 3. The molecule has 12 nitrogen and oxygen atoms in total. The van der Waals surface area contributed by atoms with E-state index in [1.165, 1.54) is 28.3 Å². The van der Waals surface area contributed by atoms with Crippen LogP contribution in [0.15, 0.2) is 42.7 Å². The van der Waals surface area contributed by atoms with Gasteiger partial charge in [0.15, 0.2) is 12.0 Å². The van der Waals surface area contributed by atoms with Crippen molar-refractivity contribution in [3.05, 3.63) is 54.1 Å². The summed E-state index contributed by atoms with van der Waals surface area (Å²) >= 11 is 0. The molecule has 3 aromatic rings. The second-order valence-electron chi connectivity index (χ2n) is 9.56. The maximum absolute atomic E-state index is 14.9. The van der Waals surface area contributed by atoms with E-state index < -0.39 is 24.2 Å². The van der Waals surface area contributed by atoms with Gasteiger partial charge >= 0.3 is 6.09 Å². The number of aromatic nitrogens is 3. The van der Waals surface area contributed by atoms with Crippen molar-refractivity contribution in [3.8, 4) is 23.2 Å². The molecule has 2 atom stereocenters. The van der Waals surface area contributed by atoms with Gasteiger partial charge in [-0.05, 0) is 36.4 Å². The molecule has 0 bridgehead atoms. The first-order chi connectivity index (χ1) is 19.8. The number of likely N-dealkylation sites (tertiary alicyclic amines) is 1. The predicted octanol–water partition coefficient (Wildman–Crippen LogP) is 3.04. The smallest absolute Gasteiger partial charge is 0.407 e. The van der Waals surface area contributed by atoms with E-state index in [0.717, 1.165) is 0 Å². The molecule has 0 radical (unpaired) electrons. The van der Waals surface area contributed by atoms with Crippen molar-refractivity contribution in [2.45, 2.75) is 18.7 Å². The number of ether oxygens (including phenoxy) is 1. The minimum absolute atomic E-state index is 0.0643. The molecule has 0 saturated carbocycles. The van der Waals surface area contributed by atoms with Crippen molar-refractivity contribution in [2.75, 3.05) is 49.5 Å². The summed E-state index contributed by atoms with van der Waals surface area (Å²) in [5.74, 6) is 0.144. The SMILES string of the molecule is N#Cc1cc(-c2ncnc(Nc3ccc(N4CCN(C(=O)O)CC4)c(F)c3)n2)ccc1O[C@H]1CCN(C=O)C[C@H]1F. The molecule has 2 aliphatic heterocycles. The third-order valence-corrected chi connectivity index (χ3v) is 6.97. The lowest BCUT2D eigenvalue weighted by Gasteiger charge is -2.34. The van der Waals surface area contributed by atoms with Crippen LogP contribution in [0.5, 0.6) is 5.75 Å². The van der Waals surface area contributed by atoms with Crippen LogP contribution in [0.2, 0.25) is 0 Å². The number of benzene rings is 2. The predicted molar refractivity (Wildman–Crippen MR) is 143 cm³/mol. The van der Waals surface area contributed by atoms with E-state index in [9.17, 15) is 23.6 Å². The molecule has 2 aliphatic rings. The van der Waals surface area contributed by atoms with Crippen molar-refractivity contribution in [2.24, 2.45) is 0 Å². The second kappa shape index (κ2) is 12.0. The summed E-state index contributed by atoms with van der Waals surface area (Å²) in [6.45, 7) is 1.65. The molecule has 0 spiro atoms. The number of nitriles is 1. The summed E-state index contributed by atoms with van der Waals surface area (Å²) in [6, 6.07) is 11.4. The number of carbonyl (C=O) groups excluding carboxylic acids is 1. The van der Waals surface area contributed by atoms with Crippen molar-refractivity contribution < 1.29 is 28.2 Å². The van der Waals surface area contributed by atoms with Crippen LogP contribution in [0.4, 0.5) is 30.9 Å². The number of nitrogens with one attached hydrogen (secondary N) is 1. The fraction of sp³-hybridized carbons (Fsp3) is 0.333. The zero-order chi connectivity index (χ0) is 28.9. The topological polar surface area (TPSA) is 148 Å². The molecule has 0 unspecified atom stereocenters. The fourth-order valence-electron chi connectivity index (χ4n) is 4.76. The lowest BCUT2D eigenvalue weighted by atomic mass is 10.1. The number of hydrogen-bond acceptors (Lipinski definition) is 9. The number of hydrogen-bond donors (Lipinski definition) is 2. The Morgan fingerprint density at radius 3 is 2.63 bits per heavy atom. The van der Waals surface area contributed by atoms with Gasteiger partial charge in [0.1, 0.15) is 30.1 Å². The minimum atomic E-state index is -1.38. The van der Waals surface area contributed by atoms with Gasteiger partial charge in [0.25, 0.3) is 0 Å². The van der Waals surface area contributed by atoms with Crippen LogP contribution in [-0.4, -0.2) is 93.9 Å². The van der Waals surface area contributed by atoms with E-state index in [1.54, 1.807) is 29.2 Å². The number of rotatable bonds is 7. The summed E-state index contributed by atoms with van der Waals surface area (Å²) in [6.07, 6.45) is -0.955. The van der Waals surface area contributed by atoms with Crippen LogP contribution < -0.4 is 15.0 Å². The fourth-order valence-corrected chi connectivity index (χ4v) is 4.76. The van der Waals surface area contributed by atoms with Gasteiger partial charge in [-0.15, -0.1) is 0 Å². The maximum Gasteiger partial charge on any atom is 0.407 e. The van der Waals surface area contributed by atoms with Gasteiger partial charge in [-0.2, -0.15) is 10.2 Å². The average molecular weight is 565 g/mol. The number of piperidine rings is 1. The van der Waals surface area contributed by atoms with Gasteiger partial charge in [-0.25, -0.2) is 23.5 Å². The molecule has 2 fully saturated rings. The van der Waals surface area contributed by atoms with Crippen molar-refractivity contribution >= 4 is 29.8 Å². The molecule has 3 heterocycles. The quantitative estimate of drug-likeness (QED) is 0.410. The Kier molecular flexibility index (Phi) is 8.04. The van der Waals surface area contributed by atoms with Crippen molar-refractivity contribution in [3.63, 3.8) is 0 Å². The van der Waals surface area contributed by atoms with Crippen LogP contribution in [0.3, 0.4) is 0 Å². The first-order valence-corrected chi connectivity index (χ1v) is 12.9. The number of alkyl halides is 1. The first-order valence-electron chi connectivity index (χ1n) is 12.9. The van der Waals surface area contributed by atoms with E-state index in [-0.39, 0.29) is 29.6 Å². The zero-order valence-corrected chi connectivity index (χ0v) is 21.8. The average Bonchev–Trinajstić information content (AvgIpc) is 2.98. The number of carboxylic acid groups (broad SMARTS) is 1. The molecule has 41 heavy (non-hydrogen) atoms. The Morgan fingerprint density at radius 2 is 1.95 bits per heavy atom. The Balaban J connectivity index is 1.27. The van der Waals surface area contributed by atoms with Gasteiger partial charge in [-0.1, -0.05) is 0 Å². The Hall–Kier alpha value is -5.06. The standard InChI is InChI=1S/C27H26F2N8O4/c28-20-12-19(2-3-22(20)36-7-9-37(10-8-36)27(39)40)33-26-32-15-31-25(34-26)17-1-4-23(18(11-17)13-30)41-24-5-6-35(16-38)14-21(24)29/h1-4,11-12,15-16,21,24H,5-10,14H2,(H,39,40)(H,31,32,33,34)/t21-,24+/m1/s1. The molecule has 212 valence electrons. The molecule has 2 N–H and O–H groups in total. The Morgan fingerprint density at radius 1 is 1.15 bits per heavy atom. The monoisotopic (exact) mass is 564 g/mol. The van der Waals surface area contributed by atoms with Crippen molar-refractivity contribution in [1.82, 2.24) is 24.8 Å². The summed E-state index contributed by atoms with van der Waals surface area (Å²) < 4.78 is 35.2. The maximum atomic E-state index is 14.9. The highest BCUT2D eigenvalue weighted by Gasteiger charge is 2.31. The molecule has 2 aromatic carbocycles. The third-order valence-electron chi connectivity index (χ3n) is 6.97. The zero-order valence-electron chi connectivity index (χ0n) is 21.8. The lowest BCUT2D eigenvalue weighted by Crippen LogP contribution is -2.48. The lowest BCUT2D eigenvalue weighted by molar-refractivity contribution is -0.121. The molecule has 1 aromatic heterocycles. The molecular weight excluding hydrogens is 538 g/mol.